The van der Waals surface area contributed by atoms with Crippen LogP contribution in [0.25, 0.3) is 11.1 Å². The molecule has 0 aliphatic heterocycles. The summed E-state index contributed by atoms with van der Waals surface area (Å²) in [6.45, 7) is 10.2. The SMILES string of the molecule is Cc1ccc(C(=O)C(C)C)cc1-c1cccc(C)c1C. The highest BCUT2D eigenvalue weighted by molar-refractivity contribution is 5.98. The lowest BCUT2D eigenvalue weighted by molar-refractivity contribution is 0.0939. The molecule has 2 aromatic rings. The summed E-state index contributed by atoms with van der Waals surface area (Å²) < 4.78 is 0. The fraction of sp³-hybridized carbons (Fsp3) is 0.316. The molecule has 0 spiro atoms. The standard InChI is InChI=1S/C19H22O/c1-12(2)19(20)16-10-9-14(4)18(11-16)17-8-6-7-13(3)15(17)5/h6-12H,1-5H3. The van der Waals surface area contributed by atoms with Crippen LogP contribution in [0, 0.1) is 26.7 Å². The molecule has 104 valence electrons. The molecule has 1 heteroatoms. The van der Waals surface area contributed by atoms with Gasteiger partial charge in [-0.25, -0.2) is 0 Å². The maximum Gasteiger partial charge on any atom is 0.165 e. The predicted octanol–water partition coefficient (Wildman–Crippen LogP) is 5.12. The van der Waals surface area contributed by atoms with Crippen molar-refractivity contribution in [1.82, 2.24) is 0 Å². The summed E-state index contributed by atoms with van der Waals surface area (Å²) in [4.78, 5) is 12.2. The summed E-state index contributed by atoms with van der Waals surface area (Å²) in [5.41, 5.74) is 6.96. The number of carbonyl (C=O) groups is 1. The molecule has 0 amide bonds. The number of carbonyl (C=O) groups excluding carboxylic acids is 1. The quantitative estimate of drug-likeness (QED) is 0.705. The van der Waals surface area contributed by atoms with Crippen LogP contribution < -0.4 is 0 Å². The second-order valence-electron chi connectivity index (χ2n) is 5.80. The van der Waals surface area contributed by atoms with Crippen LogP contribution in [0.4, 0.5) is 0 Å². The third-order valence-electron chi connectivity index (χ3n) is 3.94. The van der Waals surface area contributed by atoms with Gasteiger partial charge in [-0.3, -0.25) is 4.79 Å². The van der Waals surface area contributed by atoms with Crippen LogP contribution in [0.3, 0.4) is 0 Å². The van der Waals surface area contributed by atoms with Crippen LogP contribution in [-0.2, 0) is 0 Å². The Kier molecular flexibility index (Phi) is 4.08. The summed E-state index contributed by atoms with van der Waals surface area (Å²) in [6, 6.07) is 12.4. The highest BCUT2D eigenvalue weighted by Gasteiger charge is 2.13. The molecule has 0 atom stereocenters. The first-order valence-electron chi connectivity index (χ1n) is 7.13. The van der Waals surface area contributed by atoms with Gasteiger partial charge in [-0.2, -0.15) is 0 Å². The van der Waals surface area contributed by atoms with Gasteiger partial charge in [0.25, 0.3) is 0 Å². The van der Waals surface area contributed by atoms with Crippen LogP contribution >= 0.6 is 0 Å². The highest BCUT2D eigenvalue weighted by atomic mass is 16.1. The molecular weight excluding hydrogens is 244 g/mol. The zero-order chi connectivity index (χ0) is 14.9. The normalized spacial score (nSPS) is 10.9. The Balaban J connectivity index is 2.59. The summed E-state index contributed by atoms with van der Waals surface area (Å²) >= 11 is 0. The van der Waals surface area contributed by atoms with E-state index in [1.54, 1.807) is 0 Å². The first kappa shape index (κ1) is 14.5. The number of benzene rings is 2. The van der Waals surface area contributed by atoms with Gasteiger partial charge in [0.05, 0.1) is 0 Å². The van der Waals surface area contributed by atoms with Crippen LogP contribution in [0.2, 0.25) is 0 Å². The van der Waals surface area contributed by atoms with Crippen molar-refractivity contribution in [1.29, 1.82) is 0 Å². The molecule has 1 nitrogen and oxygen atoms in total. The molecular formula is C19H22O. The molecule has 0 saturated heterocycles. The van der Waals surface area contributed by atoms with Crippen LogP contribution in [0.5, 0.6) is 0 Å². The van der Waals surface area contributed by atoms with Crippen molar-refractivity contribution in [2.75, 3.05) is 0 Å². The van der Waals surface area contributed by atoms with E-state index in [9.17, 15) is 4.79 Å². The van der Waals surface area contributed by atoms with Crippen LogP contribution in [0.15, 0.2) is 36.4 Å². The lowest BCUT2D eigenvalue weighted by Crippen LogP contribution is -2.07. The Bertz CT molecular complexity index is 651. The van der Waals surface area contributed by atoms with E-state index < -0.39 is 0 Å². The van der Waals surface area contributed by atoms with Gasteiger partial charge in [-0.15, -0.1) is 0 Å². The Labute approximate surface area is 121 Å². The van der Waals surface area contributed by atoms with E-state index in [4.69, 9.17) is 0 Å². The Hall–Kier alpha value is -1.89. The summed E-state index contributed by atoms with van der Waals surface area (Å²) in [5.74, 6) is 0.237. The molecule has 0 fully saturated rings. The lowest BCUT2D eigenvalue weighted by Gasteiger charge is -2.13. The molecule has 0 bridgehead atoms. The topological polar surface area (TPSA) is 17.1 Å². The summed E-state index contributed by atoms with van der Waals surface area (Å²) in [5, 5.41) is 0. The Morgan fingerprint density at radius 3 is 2.25 bits per heavy atom. The van der Waals surface area contributed by atoms with Gasteiger partial charge in [0.15, 0.2) is 5.78 Å². The van der Waals surface area contributed by atoms with Gasteiger partial charge < -0.3 is 0 Å². The lowest BCUT2D eigenvalue weighted by atomic mass is 9.90. The Morgan fingerprint density at radius 1 is 0.900 bits per heavy atom. The van der Waals surface area contributed by atoms with E-state index in [1.807, 2.05) is 32.0 Å². The highest BCUT2D eigenvalue weighted by Crippen LogP contribution is 2.29. The minimum absolute atomic E-state index is 0.0316. The van der Waals surface area contributed by atoms with Crippen LogP contribution in [-0.4, -0.2) is 5.78 Å². The zero-order valence-corrected chi connectivity index (χ0v) is 12.9. The van der Waals surface area contributed by atoms with E-state index in [0.29, 0.717) is 0 Å². The second kappa shape index (κ2) is 5.62. The van der Waals surface area contributed by atoms with E-state index >= 15 is 0 Å². The van der Waals surface area contributed by atoms with Crippen molar-refractivity contribution < 1.29 is 4.79 Å². The number of rotatable bonds is 3. The molecule has 2 rings (SSSR count). The predicted molar refractivity (Wildman–Crippen MR) is 85.3 cm³/mol. The maximum atomic E-state index is 12.2. The van der Waals surface area contributed by atoms with E-state index in [0.717, 1.165) is 11.1 Å². The summed E-state index contributed by atoms with van der Waals surface area (Å²) in [6.07, 6.45) is 0. The van der Waals surface area contributed by atoms with Gasteiger partial charge in [0.2, 0.25) is 0 Å². The van der Waals surface area contributed by atoms with E-state index in [2.05, 4.69) is 39.0 Å². The molecule has 0 unspecified atom stereocenters. The van der Waals surface area contributed by atoms with Gasteiger partial charge >= 0.3 is 0 Å². The number of aryl methyl sites for hydroxylation is 2. The summed E-state index contributed by atoms with van der Waals surface area (Å²) in [7, 11) is 0. The fourth-order valence-corrected chi connectivity index (χ4v) is 2.44. The van der Waals surface area contributed by atoms with Crippen molar-refractivity contribution in [3.05, 3.63) is 58.7 Å². The molecule has 0 aliphatic carbocycles. The molecule has 0 N–H and O–H groups in total. The number of hydrogen-bond acceptors (Lipinski definition) is 1. The van der Waals surface area contributed by atoms with Gasteiger partial charge in [-0.1, -0.05) is 44.2 Å². The minimum Gasteiger partial charge on any atom is -0.294 e. The molecule has 20 heavy (non-hydrogen) atoms. The monoisotopic (exact) mass is 266 g/mol. The minimum atomic E-state index is 0.0316. The average molecular weight is 266 g/mol. The molecule has 2 aromatic carbocycles. The first-order valence-corrected chi connectivity index (χ1v) is 7.13. The van der Waals surface area contributed by atoms with Crippen molar-refractivity contribution in [3.8, 4) is 11.1 Å². The zero-order valence-electron chi connectivity index (χ0n) is 12.9. The molecule has 0 saturated carbocycles. The first-order chi connectivity index (χ1) is 9.41. The Morgan fingerprint density at radius 2 is 1.60 bits per heavy atom. The van der Waals surface area contributed by atoms with E-state index in [1.165, 1.54) is 22.3 Å². The number of hydrogen-bond donors (Lipinski definition) is 0. The maximum absolute atomic E-state index is 12.2. The van der Waals surface area contributed by atoms with Crippen molar-refractivity contribution in [2.24, 2.45) is 5.92 Å². The second-order valence-corrected chi connectivity index (χ2v) is 5.80. The third-order valence-corrected chi connectivity index (χ3v) is 3.94. The third kappa shape index (κ3) is 2.67. The molecule has 0 heterocycles. The number of Topliss-reactive ketones (excluding diaryl/α,β-unsaturated/α-hetero) is 1. The van der Waals surface area contributed by atoms with Crippen molar-refractivity contribution in [2.45, 2.75) is 34.6 Å². The van der Waals surface area contributed by atoms with Gasteiger partial charge in [-0.05, 0) is 54.7 Å². The van der Waals surface area contributed by atoms with E-state index in [-0.39, 0.29) is 11.7 Å². The smallest absolute Gasteiger partial charge is 0.165 e. The molecule has 0 aromatic heterocycles. The average Bonchev–Trinajstić information content (AvgIpc) is 2.42. The molecule has 0 radical (unpaired) electrons. The fourth-order valence-electron chi connectivity index (χ4n) is 2.44. The van der Waals surface area contributed by atoms with Gasteiger partial charge in [0.1, 0.15) is 0 Å². The number of ketones is 1. The van der Waals surface area contributed by atoms with Gasteiger partial charge in [0, 0.05) is 11.5 Å². The van der Waals surface area contributed by atoms with Crippen molar-refractivity contribution in [3.63, 3.8) is 0 Å². The molecule has 0 aliphatic rings. The van der Waals surface area contributed by atoms with Crippen molar-refractivity contribution >= 4 is 5.78 Å². The van der Waals surface area contributed by atoms with Crippen LogP contribution in [0.1, 0.15) is 40.9 Å². The largest absolute Gasteiger partial charge is 0.294 e.